The Morgan fingerprint density at radius 1 is 1.20 bits per heavy atom. The number of pyridine rings is 1. The summed E-state index contributed by atoms with van der Waals surface area (Å²) in [5.74, 6) is -0.794. The van der Waals surface area contributed by atoms with E-state index in [-0.39, 0.29) is 29.1 Å². The van der Waals surface area contributed by atoms with Gasteiger partial charge in [0.2, 0.25) is 5.43 Å². The summed E-state index contributed by atoms with van der Waals surface area (Å²) in [6.45, 7) is 2.46. The summed E-state index contributed by atoms with van der Waals surface area (Å²) in [4.78, 5) is 43.2. The van der Waals surface area contributed by atoms with Crippen LogP contribution >= 0.6 is 9.47 Å². The van der Waals surface area contributed by atoms with Crippen molar-refractivity contribution in [2.24, 2.45) is 0 Å². The number of hydrogen-bond acceptors (Lipinski definition) is 5. The molecule has 1 unspecified atom stereocenters. The van der Waals surface area contributed by atoms with Crippen molar-refractivity contribution in [2.75, 3.05) is 13.1 Å². The number of carbonyl (C=O) groups is 2. The highest BCUT2D eigenvalue weighted by molar-refractivity contribution is 7.10. The van der Waals surface area contributed by atoms with Crippen LogP contribution in [0.3, 0.4) is 0 Å². The Bertz CT molecular complexity index is 1070. The highest BCUT2D eigenvalue weighted by Crippen LogP contribution is 2.35. The van der Waals surface area contributed by atoms with Crippen LogP contribution in [-0.2, 0) is 13.1 Å². The molecule has 9 heteroatoms. The molecule has 0 saturated carbocycles. The van der Waals surface area contributed by atoms with E-state index in [1.165, 1.54) is 6.20 Å². The van der Waals surface area contributed by atoms with E-state index >= 15 is 0 Å². The van der Waals surface area contributed by atoms with Crippen molar-refractivity contribution in [1.29, 1.82) is 0 Å². The summed E-state index contributed by atoms with van der Waals surface area (Å²) < 4.78 is 6.96. The number of aromatic nitrogens is 1. The Hall–Kier alpha value is -2.70. The highest BCUT2D eigenvalue weighted by Gasteiger charge is 2.48. The minimum Gasteiger partial charge on any atom is -0.474 e. The number of rotatable bonds is 4. The first kappa shape index (κ1) is 19.3. The average molecular weight is 426 g/mol. The zero-order valence-electron chi connectivity index (χ0n) is 16.4. The number of hydrogen-bond donors (Lipinski definition) is 1. The minimum atomic E-state index is -0.576. The van der Waals surface area contributed by atoms with Gasteiger partial charge in [-0.1, -0.05) is 30.3 Å². The molecule has 8 nitrogen and oxygen atoms in total. The molecule has 1 aromatic heterocycles. The first-order valence-corrected chi connectivity index (χ1v) is 10.6. The fourth-order valence-electron chi connectivity index (χ4n) is 4.86. The van der Waals surface area contributed by atoms with Crippen molar-refractivity contribution in [3.63, 3.8) is 0 Å². The number of carbonyl (C=O) groups excluding carboxylic acids is 2. The molecule has 2 amide bonds. The maximum atomic E-state index is 13.2. The van der Waals surface area contributed by atoms with Crippen LogP contribution < -0.4 is 15.3 Å². The van der Waals surface area contributed by atoms with Crippen molar-refractivity contribution in [3.8, 4) is 5.75 Å². The van der Waals surface area contributed by atoms with Gasteiger partial charge in [-0.3, -0.25) is 19.3 Å². The van der Waals surface area contributed by atoms with E-state index in [4.69, 9.17) is 4.52 Å². The van der Waals surface area contributed by atoms with Gasteiger partial charge in [0.1, 0.15) is 11.7 Å². The fourth-order valence-corrected chi connectivity index (χ4v) is 5.07. The standard InChI is InChI=1S/C21H23N4O4P/c26-18-15(20(27)22-9-13-5-2-1-3-6-13)11-23-12-16-24-8-4-7-14(24)10-25(16)21(28)17(23)19(18)29-30/h1-3,5-6,11,14,16H,4,7-10,12,30H2,(H,22,27)/t14-,16+/m0/s1. The van der Waals surface area contributed by atoms with Crippen LogP contribution in [0.25, 0.3) is 0 Å². The number of benzene rings is 1. The summed E-state index contributed by atoms with van der Waals surface area (Å²) in [5, 5.41) is 2.79. The molecule has 0 aliphatic carbocycles. The third-order valence-corrected chi connectivity index (χ3v) is 6.53. The van der Waals surface area contributed by atoms with Crippen molar-refractivity contribution in [2.45, 2.75) is 38.1 Å². The number of nitrogens with one attached hydrogen (secondary N) is 1. The minimum absolute atomic E-state index is 0.0237. The summed E-state index contributed by atoms with van der Waals surface area (Å²) in [6.07, 6.45) is 3.67. The normalized spacial score (nSPS) is 22.4. The summed E-state index contributed by atoms with van der Waals surface area (Å²) in [7, 11) is 2.03. The second kappa shape index (κ2) is 7.52. The van der Waals surface area contributed by atoms with E-state index in [0.29, 0.717) is 25.7 Å². The molecule has 156 valence electrons. The van der Waals surface area contributed by atoms with Crippen molar-refractivity contribution in [1.82, 2.24) is 19.7 Å². The Labute approximate surface area is 176 Å². The maximum Gasteiger partial charge on any atom is 0.275 e. The number of nitrogens with zero attached hydrogens (tertiary/aromatic N) is 3. The van der Waals surface area contributed by atoms with Gasteiger partial charge in [-0.15, -0.1) is 0 Å². The largest absolute Gasteiger partial charge is 0.474 e. The van der Waals surface area contributed by atoms with Gasteiger partial charge in [0, 0.05) is 31.9 Å². The lowest BCUT2D eigenvalue weighted by molar-refractivity contribution is 0.0516. The van der Waals surface area contributed by atoms with Crippen LogP contribution in [0.2, 0.25) is 0 Å². The Kier molecular flexibility index (Phi) is 4.83. The quantitative estimate of drug-likeness (QED) is 0.743. The first-order chi connectivity index (χ1) is 14.6. The molecular formula is C21H23N4O4P. The molecule has 3 aliphatic rings. The van der Waals surface area contributed by atoms with Crippen molar-refractivity contribution >= 4 is 21.3 Å². The summed E-state index contributed by atoms with van der Waals surface area (Å²) in [6, 6.07) is 9.85. The van der Waals surface area contributed by atoms with E-state index in [9.17, 15) is 14.4 Å². The molecule has 2 aromatic rings. The summed E-state index contributed by atoms with van der Waals surface area (Å²) in [5.41, 5.74) is 0.549. The second-order valence-electron chi connectivity index (χ2n) is 7.96. The number of fused-ring (bicyclic) bond motifs is 4. The fraction of sp³-hybridized carbons (Fsp3) is 0.381. The third-order valence-electron chi connectivity index (χ3n) is 6.29. The van der Waals surface area contributed by atoms with Crippen LogP contribution in [0.1, 0.15) is 39.3 Å². The predicted molar refractivity (Wildman–Crippen MR) is 113 cm³/mol. The molecule has 30 heavy (non-hydrogen) atoms. The zero-order chi connectivity index (χ0) is 20.8. The first-order valence-electron chi connectivity index (χ1n) is 10.1. The predicted octanol–water partition coefficient (Wildman–Crippen LogP) is 1.21. The van der Waals surface area contributed by atoms with E-state index in [2.05, 4.69) is 10.2 Å². The Balaban J connectivity index is 1.48. The van der Waals surface area contributed by atoms with Gasteiger partial charge < -0.3 is 19.3 Å². The molecule has 3 aliphatic heterocycles. The Morgan fingerprint density at radius 2 is 2.00 bits per heavy atom. The molecular weight excluding hydrogens is 403 g/mol. The zero-order valence-corrected chi connectivity index (χ0v) is 17.6. The molecule has 3 atom stereocenters. The third kappa shape index (κ3) is 3.02. The van der Waals surface area contributed by atoms with Gasteiger partial charge in [-0.2, -0.15) is 0 Å². The second-order valence-corrected chi connectivity index (χ2v) is 8.20. The molecule has 4 heterocycles. The van der Waals surface area contributed by atoms with Crippen LogP contribution in [0.4, 0.5) is 0 Å². The Morgan fingerprint density at radius 3 is 2.77 bits per heavy atom. The van der Waals surface area contributed by atoms with Gasteiger partial charge in [0.05, 0.1) is 16.0 Å². The smallest absolute Gasteiger partial charge is 0.275 e. The van der Waals surface area contributed by atoms with Crippen LogP contribution in [0.15, 0.2) is 41.3 Å². The maximum absolute atomic E-state index is 13.2. The topological polar surface area (TPSA) is 83.9 Å². The lowest BCUT2D eigenvalue weighted by atomic mass is 10.1. The van der Waals surface area contributed by atoms with Crippen LogP contribution in [-0.4, -0.2) is 51.5 Å². The van der Waals surface area contributed by atoms with Gasteiger partial charge in [0.25, 0.3) is 11.8 Å². The van der Waals surface area contributed by atoms with Crippen molar-refractivity contribution < 1.29 is 14.1 Å². The van der Waals surface area contributed by atoms with Gasteiger partial charge in [0.15, 0.2) is 11.4 Å². The lowest BCUT2D eigenvalue weighted by Gasteiger charge is -2.36. The molecule has 1 aromatic carbocycles. The van der Waals surface area contributed by atoms with E-state index in [1.54, 1.807) is 4.57 Å². The average Bonchev–Trinajstić information content (AvgIpc) is 3.35. The summed E-state index contributed by atoms with van der Waals surface area (Å²) >= 11 is 0. The van der Waals surface area contributed by atoms with Crippen LogP contribution in [0, 0.1) is 0 Å². The van der Waals surface area contributed by atoms with E-state index in [1.807, 2.05) is 44.7 Å². The monoisotopic (exact) mass is 426 g/mol. The molecule has 1 N–H and O–H groups in total. The van der Waals surface area contributed by atoms with E-state index < -0.39 is 11.3 Å². The van der Waals surface area contributed by atoms with Crippen molar-refractivity contribution in [3.05, 3.63) is 63.6 Å². The molecule has 0 radical (unpaired) electrons. The molecule has 2 saturated heterocycles. The highest BCUT2D eigenvalue weighted by atomic mass is 31.0. The van der Waals surface area contributed by atoms with Gasteiger partial charge >= 0.3 is 0 Å². The SMILES string of the molecule is O=C(NCc1ccccc1)c1cn2c(c(OP)c1=O)C(=O)N1C[C@@H]3CCCN3[C@H]1C2. The lowest BCUT2D eigenvalue weighted by Crippen LogP contribution is -2.50. The van der Waals surface area contributed by atoms with E-state index in [0.717, 1.165) is 24.9 Å². The molecule has 0 bridgehead atoms. The number of amides is 2. The molecule has 0 spiro atoms. The van der Waals surface area contributed by atoms with Gasteiger partial charge in [-0.25, -0.2) is 0 Å². The van der Waals surface area contributed by atoms with Gasteiger partial charge in [-0.05, 0) is 18.4 Å². The van der Waals surface area contributed by atoms with Crippen LogP contribution in [0.5, 0.6) is 5.75 Å². The molecule has 5 rings (SSSR count). The molecule has 2 fully saturated rings.